The summed E-state index contributed by atoms with van der Waals surface area (Å²) in [4.78, 5) is 4.27. The van der Waals surface area contributed by atoms with Crippen LogP contribution >= 0.6 is 0 Å². The lowest BCUT2D eigenvalue weighted by molar-refractivity contribution is 0.972. The van der Waals surface area contributed by atoms with E-state index in [2.05, 4.69) is 166 Å². The summed E-state index contributed by atoms with van der Waals surface area (Å²) in [5, 5.41) is 3.57. The Morgan fingerprint density at radius 3 is 2.04 bits per heavy atom. The van der Waals surface area contributed by atoms with E-state index < -0.39 is 0 Å². The number of hydrogen-bond acceptors (Lipinski definition) is 1. The summed E-state index contributed by atoms with van der Waals surface area (Å²) in [6.45, 7) is 19.9. The molecule has 0 fully saturated rings. The summed E-state index contributed by atoms with van der Waals surface area (Å²) in [5.74, 6) is 0.519. The molecule has 0 saturated carbocycles. The number of nitrogens with zero attached hydrogens (tertiary/aromatic N) is 3. The standard InChI is InChI=1S/C20H22N4.C15H14.2C3H8.C3H6.C2H6/c1-13-17-8-7-14-5-4-6-16(11-14)24(20(21)22-2)18(13)12-15-9-10-23(3)19(15)17;1-3-8-14(9-4-1)12-7-13-15-10-5-2-6-11-15;3*1-3-2;1-2/h6-12H,4-5H2,1-3H3,(H2,21,22);1-12H,13H2;2*3H2,1-2H3;3H,1H2,2H3;1-2H3/b;12-7+;;;;. The van der Waals surface area contributed by atoms with Crippen molar-refractivity contribution in [3.05, 3.63) is 144 Å². The number of rotatable bonds is 3. The highest BCUT2D eigenvalue weighted by atomic mass is 15.1. The normalized spacial score (nSPS) is 11.0. The Morgan fingerprint density at radius 2 is 1.46 bits per heavy atom. The van der Waals surface area contributed by atoms with Crippen molar-refractivity contribution in [2.45, 2.75) is 87.5 Å². The summed E-state index contributed by atoms with van der Waals surface area (Å²) in [6, 6.07) is 32.0. The number of hydrogen-bond donors (Lipinski definition) is 1. The molecule has 268 valence electrons. The second kappa shape index (κ2) is 25.2. The maximum Gasteiger partial charge on any atom is 0.200 e. The van der Waals surface area contributed by atoms with Crippen molar-refractivity contribution < 1.29 is 0 Å². The third-order valence-electron chi connectivity index (χ3n) is 7.29. The Bertz CT molecular complexity index is 1830. The molecule has 50 heavy (non-hydrogen) atoms. The van der Waals surface area contributed by atoms with Crippen LogP contribution in [0.2, 0.25) is 0 Å². The van der Waals surface area contributed by atoms with Gasteiger partial charge in [0.1, 0.15) is 0 Å². The molecular weight excluding hydrogens is 609 g/mol. The fourth-order valence-electron chi connectivity index (χ4n) is 5.21. The van der Waals surface area contributed by atoms with Crippen LogP contribution in [0.1, 0.15) is 90.0 Å². The smallest absolute Gasteiger partial charge is 0.200 e. The van der Waals surface area contributed by atoms with Crippen LogP contribution < -0.4 is 11.1 Å². The molecule has 0 unspecified atom stereocenters. The van der Waals surface area contributed by atoms with E-state index in [1.165, 1.54) is 51.4 Å². The van der Waals surface area contributed by atoms with Crippen LogP contribution in [0.3, 0.4) is 0 Å². The summed E-state index contributed by atoms with van der Waals surface area (Å²) in [6.07, 6.45) is 16.0. The van der Waals surface area contributed by atoms with Gasteiger partial charge in [-0.2, -0.15) is 0 Å². The van der Waals surface area contributed by atoms with Gasteiger partial charge in [0, 0.05) is 36.4 Å². The molecular formula is C46H64N4. The lowest BCUT2D eigenvalue weighted by Crippen LogP contribution is -2.33. The van der Waals surface area contributed by atoms with Gasteiger partial charge in [0.2, 0.25) is 0 Å². The fraction of sp³-hybridized carbons (Fsp3) is 0.326. The Morgan fingerprint density at radius 1 is 0.880 bits per heavy atom. The first-order valence-corrected chi connectivity index (χ1v) is 18.3. The van der Waals surface area contributed by atoms with E-state index in [-0.39, 0.29) is 0 Å². The molecule has 0 saturated heterocycles. The van der Waals surface area contributed by atoms with Crippen LogP contribution in [0, 0.1) is 6.92 Å². The van der Waals surface area contributed by atoms with E-state index in [9.17, 15) is 0 Å². The van der Waals surface area contributed by atoms with Gasteiger partial charge in [-0.3, -0.25) is 9.56 Å². The molecule has 2 heterocycles. The molecule has 0 atom stereocenters. The minimum Gasteiger partial charge on any atom is -0.369 e. The first kappa shape index (κ1) is 43.2. The highest BCUT2D eigenvalue weighted by Crippen LogP contribution is 2.27. The average Bonchev–Trinajstić information content (AvgIpc) is 3.51. The van der Waals surface area contributed by atoms with Crippen LogP contribution in [0.5, 0.6) is 0 Å². The van der Waals surface area contributed by atoms with E-state index >= 15 is 0 Å². The van der Waals surface area contributed by atoms with E-state index in [0.717, 1.165) is 30.1 Å². The molecule has 0 aliphatic heterocycles. The van der Waals surface area contributed by atoms with Gasteiger partial charge in [-0.1, -0.05) is 151 Å². The molecule has 5 aromatic rings. The molecule has 4 bridgehead atoms. The number of nitrogens with two attached hydrogens (primary N) is 1. The number of aryl methyl sites for hydroxylation is 3. The van der Waals surface area contributed by atoms with Gasteiger partial charge in [-0.15, -0.1) is 6.58 Å². The minimum atomic E-state index is 0.519. The molecule has 4 heteroatoms. The summed E-state index contributed by atoms with van der Waals surface area (Å²) in [5.41, 5.74) is 13.8. The maximum atomic E-state index is 6.29. The van der Waals surface area contributed by atoms with Crippen molar-refractivity contribution in [1.82, 2.24) is 9.13 Å². The summed E-state index contributed by atoms with van der Waals surface area (Å²) < 4.78 is 4.27. The largest absolute Gasteiger partial charge is 0.369 e. The molecule has 0 amide bonds. The molecule has 0 spiro atoms. The quantitative estimate of drug-likeness (QED) is 0.116. The first-order valence-electron chi connectivity index (χ1n) is 18.3. The molecule has 2 aromatic heterocycles. The van der Waals surface area contributed by atoms with E-state index in [0.29, 0.717) is 5.96 Å². The molecule has 1 aliphatic rings. The summed E-state index contributed by atoms with van der Waals surface area (Å²) in [7, 11) is 3.84. The van der Waals surface area contributed by atoms with Gasteiger partial charge in [0.05, 0.1) is 11.0 Å². The zero-order chi connectivity index (χ0) is 37.3. The Labute approximate surface area is 304 Å². The van der Waals surface area contributed by atoms with Crippen LogP contribution in [-0.2, 0) is 19.9 Å². The minimum absolute atomic E-state index is 0.519. The Balaban J connectivity index is 0.000000411. The fourth-order valence-corrected chi connectivity index (χ4v) is 5.21. The molecule has 6 rings (SSSR count). The maximum absolute atomic E-state index is 6.29. The zero-order valence-electron chi connectivity index (χ0n) is 32.7. The lowest BCUT2D eigenvalue weighted by atomic mass is 10.1. The van der Waals surface area contributed by atoms with Crippen LogP contribution in [0.25, 0.3) is 34.0 Å². The van der Waals surface area contributed by atoms with Crippen molar-refractivity contribution in [1.29, 1.82) is 0 Å². The Kier molecular flexibility index (Phi) is 21.8. The van der Waals surface area contributed by atoms with Gasteiger partial charge in [-0.05, 0) is 73.6 Å². The van der Waals surface area contributed by atoms with Gasteiger partial charge in [0.25, 0.3) is 0 Å². The van der Waals surface area contributed by atoms with E-state index in [1.54, 1.807) is 13.1 Å². The van der Waals surface area contributed by atoms with Gasteiger partial charge < -0.3 is 10.3 Å². The number of aromatic nitrogens is 2. The number of aliphatic imine (C=N–C) groups is 1. The predicted molar refractivity (Wildman–Crippen MR) is 226 cm³/mol. The van der Waals surface area contributed by atoms with Crippen molar-refractivity contribution in [3.8, 4) is 0 Å². The van der Waals surface area contributed by atoms with Crippen molar-refractivity contribution in [2.24, 2.45) is 17.8 Å². The molecule has 3 aromatic carbocycles. The van der Waals surface area contributed by atoms with Gasteiger partial charge >= 0.3 is 0 Å². The van der Waals surface area contributed by atoms with Crippen molar-refractivity contribution >= 4 is 39.9 Å². The highest BCUT2D eigenvalue weighted by Gasteiger charge is 2.11. The monoisotopic (exact) mass is 673 g/mol. The van der Waals surface area contributed by atoms with E-state index in [1.807, 2.05) is 32.9 Å². The van der Waals surface area contributed by atoms with E-state index in [4.69, 9.17) is 5.73 Å². The second-order valence-corrected chi connectivity index (χ2v) is 11.8. The molecule has 4 nitrogen and oxygen atoms in total. The third-order valence-corrected chi connectivity index (χ3v) is 7.29. The second-order valence-electron chi connectivity index (χ2n) is 11.8. The van der Waals surface area contributed by atoms with Gasteiger partial charge in [-0.25, -0.2) is 0 Å². The molecule has 2 N–H and O–H groups in total. The van der Waals surface area contributed by atoms with Crippen LogP contribution in [-0.4, -0.2) is 22.1 Å². The van der Waals surface area contributed by atoms with Crippen molar-refractivity contribution in [3.63, 3.8) is 0 Å². The number of allylic oxidation sites excluding steroid dienone is 2. The Hall–Kier alpha value is -4.83. The summed E-state index contributed by atoms with van der Waals surface area (Å²) >= 11 is 0. The topological polar surface area (TPSA) is 48.2 Å². The average molecular weight is 673 g/mol. The van der Waals surface area contributed by atoms with Crippen molar-refractivity contribution in [2.75, 3.05) is 7.05 Å². The van der Waals surface area contributed by atoms with Gasteiger partial charge in [0.15, 0.2) is 5.96 Å². The first-order chi connectivity index (χ1) is 24.3. The molecule has 0 radical (unpaired) electrons. The highest BCUT2D eigenvalue weighted by molar-refractivity contribution is 6.03. The third kappa shape index (κ3) is 13.6. The number of fused-ring (bicyclic) bond motifs is 6. The van der Waals surface area contributed by atoms with Crippen LogP contribution in [0.15, 0.2) is 121 Å². The predicted octanol–water partition coefficient (Wildman–Crippen LogP) is 11.8. The number of benzene rings is 3. The zero-order valence-corrected chi connectivity index (χ0v) is 32.7. The molecule has 1 aliphatic carbocycles. The van der Waals surface area contributed by atoms with Crippen LogP contribution in [0.4, 0.5) is 0 Å². The lowest BCUT2D eigenvalue weighted by Gasteiger charge is -2.13. The SMILES string of the molecule is C(=C\c1ccccc1)/Cc1ccccc1.C=CC.CC.CCC.CCC.CN=C(N)n1c2cc(ccc3c(C)c1cc1ccn(C)c13)CCC=2.